The van der Waals surface area contributed by atoms with Crippen molar-refractivity contribution in [2.75, 3.05) is 27.3 Å². The largest absolute Gasteiger partial charge is 0.490 e. The van der Waals surface area contributed by atoms with Crippen LogP contribution in [0.5, 0.6) is 11.5 Å². The van der Waals surface area contributed by atoms with E-state index in [1.165, 1.54) is 0 Å². The molecule has 1 unspecified atom stereocenters. The maximum Gasteiger partial charge on any atom is 0.325 e. The van der Waals surface area contributed by atoms with Gasteiger partial charge in [0.15, 0.2) is 11.5 Å². The van der Waals surface area contributed by atoms with Crippen LogP contribution in [0.4, 0.5) is 0 Å². The van der Waals surface area contributed by atoms with E-state index in [-0.39, 0.29) is 0 Å². The summed E-state index contributed by atoms with van der Waals surface area (Å²) in [7, 11) is 3.46. The van der Waals surface area contributed by atoms with Crippen LogP contribution in [0.25, 0.3) is 0 Å². The number of fused-ring (bicyclic) bond motifs is 1. The van der Waals surface area contributed by atoms with Gasteiger partial charge in [-0.1, -0.05) is 0 Å². The van der Waals surface area contributed by atoms with E-state index in [1.54, 1.807) is 31.1 Å². The Hall–Kier alpha value is -1.27. The highest BCUT2D eigenvalue weighted by molar-refractivity contribution is 9.10. The monoisotopic (exact) mass is 329 g/mol. The first-order valence-electron chi connectivity index (χ1n) is 5.99. The van der Waals surface area contributed by atoms with Gasteiger partial charge < -0.3 is 14.6 Å². The summed E-state index contributed by atoms with van der Waals surface area (Å²) in [5, 5.41) is 9.32. The van der Waals surface area contributed by atoms with Crippen molar-refractivity contribution in [2.45, 2.75) is 12.5 Å². The molecule has 5 nitrogen and oxygen atoms in total. The molecule has 0 aliphatic carbocycles. The molecule has 0 radical (unpaired) electrons. The van der Waals surface area contributed by atoms with Gasteiger partial charge in [0, 0.05) is 6.42 Å². The molecule has 0 saturated heterocycles. The standard InChI is InChI=1S/C13H16BrNO4/c1-15(2)11(13(16)17)8-6-9(14)12-10(7-8)18-4-3-5-19-12/h6-7,11H,3-5H2,1-2H3,(H,16,17). The number of carboxylic acids is 1. The molecular formula is C13H16BrNO4. The lowest BCUT2D eigenvalue weighted by atomic mass is 10.1. The van der Waals surface area contributed by atoms with Gasteiger partial charge in [0.1, 0.15) is 6.04 Å². The minimum atomic E-state index is -0.897. The molecule has 19 heavy (non-hydrogen) atoms. The van der Waals surface area contributed by atoms with Gasteiger partial charge in [-0.05, 0) is 47.7 Å². The van der Waals surface area contributed by atoms with E-state index in [1.807, 2.05) is 0 Å². The summed E-state index contributed by atoms with van der Waals surface area (Å²) >= 11 is 3.42. The van der Waals surface area contributed by atoms with E-state index in [0.29, 0.717) is 30.3 Å². The van der Waals surface area contributed by atoms with E-state index in [0.717, 1.165) is 10.9 Å². The predicted molar refractivity (Wildman–Crippen MR) is 73.8 cm³/mol. The van der Waals surface area contributed by atoms with Crippen molar-refractivity contribution in [3.63, 3.8) is 0 Å². The van der Waals surface area contributed by atoms with Crippen molar-refractivity contribution < 1.29 is 19.4 Å². The van der Waals surface area contributed by atoms with E-state index in [9.17, 15) is 9.90 Å². The van der Waals surface area contributed by atoms with Crippen molar-refractivity contribution >= 4 is 21.9 Å². The van der Waals surface area contributed by atoms with Crippen LogP contribution >= 0.6 is 15.9 Å². The number of likely N-dealkylation sites (N-methyl/N-ethyl adjacent to an activating group) is 1. The first-order valence-corrected chi connectivity index (χ1v) is 6.78. The molecule has 1 aliphatic rings. The lowest BCUT2D eigenvalue weighted by Crippen LogP contribution is -2.27. The summed E-state index contributed by atoms with van der Waals surface area (Å²) in [6.45, 7) is 1.17. The maximum atomic E-state index is 11.4. The molecule has 0 spiro atoms. The summed E-state index contributed by atoms with van der Waals surface area (Å²) in [5.74, 6) is 0.338. The average molecular weight is 330 g/mol. The maximum absolute atomic E-state index is 11.4. The number of nitrogens with zero attached hydrogens (tertiary/aromatic N) is 1. The van der Waals surface area contributed by atoms with Gasteiger partial charge >= 0.3 is 5.97 Å². The molecule has 6 heteroatoms. The average Bonchev–Trinajstić information content (AvgIpc) is 2.53. The minimum absolute atomic E-state index is 0.572. The third-order valence-corrected chi connectivity index (χ3v) is 3.48. The van der Waals surface area contributed by atoms with Gasteiger partial charge in [-0.25, -0.2) is 0 Å². The Morgan fingerprint density at radius 3 is 2.68 bits per heavy atom. The number of ether oxygens (including phenoxy) is 2. The molecule has 2 rings (SSSR count). The van der Waals surface area contributed by atoms with Crippen molar-refractivity contribution in [1.29, 1.82) is 0 Å². The number of benzene rings is 1. The topological polar surface area (TPSA) is 59.0 Å². The summed E-state index contributed by atoms with van der Waals surface area (Å²) in [5.41, 5.74) is 0.661. The smallest absolute Gasteiger partial charge is 0.325 e. The second-order valence-electron chi connectivity index (χ2n) is 4.58. The van der Waals surface area contributed by atoms with Crippen molar-refractivity contribution in [3.05, 3.63) is 22.2 Å². The fourth-order valence-electron chi connectivity index (χ4n) is 2.07. The van der Waals surface area contributed by atoms with Crippen molar-refractivity contribution in [3.8, 4) is 11.5 Å². The molecule has 1 aromatic carbocycles. The number of aliphatic carboxylic acids is 1. The highest BCUT2D eigenvalue weighted by Crippen LogP contribution is 2.40. The molecule has 104 valence electrons. The molecule has 0 bridgehead atoms. The van der Waals surface area contributed by atoms with E-state index in [2.05, 4.69) is 15.9 Å². The zero-order valence-electron chi connectivity index (χ0n) is 10.9. The highest BCUT2D eigenvalue weighted by Gasteiger charge is 2.25. The summed E-state index contributed by atoms with van der Waals surface area (Å²) < 4.78 is 11.9. The lowest BCUT2D eigenvalue weighted by Gasteiger charge is -2.22. The normalized spacial score (nSPS) is 16.0. The molecule has 0 aromatic heterocycles. The van der Waals surface area contributed by atoms with Crippen LogP contribution in [0.3, 0.4) is 0 Å². The first kappa shape index (κ1) is 14.1. The number of hydrogen-bond donors (Lipinski definition) is 1. The van der Waals surface area contributed by atoms with Gasteiger partial charge in [-0.2, -0.15) is 0 Å². The van der Waals surface area contributed by atoms with Gasteiger partial charge in [-0.3, -0.25) is 9.69 Å². The Bertz CT molecular complexity index is 490. The fourth-order valence-corrected chi connectivity index (χ4v) is 2.64. The SMILES string of the molecule is CN(C)C(C(=O)O)c1cc(Br)c2c(c1)OCCCO2. The quantitative estimate of drug-likeness (QED) is 0.922. The molecule has 1 atom stereocenters. The van der Waals surface area contributed by atoms with Gasteiger partial charge in [0.25, 0.3) is 0 Å². The Morgan fingerprint density at radius 1 is 1.37 bits per heavy atom. The number of rotatable bonds is 3. The summed E-state index contributed by atoms with van der Waals surface area (Å²) in [6.07, 6.45) is 0.812. The van der Waals surface area contributed by atoms with Gasteiger partial charge in [-0.15, -0.1) is 0 Å². The van der Waals surface area contributed by atoms with Gasteiger partial charge in [0.2, 0.25) is 0 Å². The molecule has 1 heterocycles. The molecule has 0 saturated carbocycles. The van der Waals surface area contributed by atoms with Crippen molar-refractivity contribution in [1.82, 2.24) is 4.90 Å². The lowest BCUT2D eigenvalue weighted by molar-refractivity contribution is -0.142. The molecule has 1 N–H and O–H groups in total. The first-order chi connectivity index (χ1) is 9.00. The molecular weight excluding hydrogens is 314 g/mol. The second-order valence-corrected chi connectivity index (χ2v) is 5.44. The van der Waals surface area contributed by atoms with E-state index >= 15 is 0 Å². The van der Waals surface area contributed by atoms with Crippen LogP contribution in [0, 0.1) is 0 Å². The van der Waals surface area contributed by atoms with Crippen LogP contribution in [0.1, 0.15) is 18.0 Å². The highest BCUT2D eigenvalue weighted by atomic mass is 79.9. The predicted octanol–water partition coefficient (Wildman–Crippen LogP) is 2.30. The Kier molecular flexibility index (Phi) is 4.31. The van der Waals surface area contributed by atoms with Crippen LogP contribution in [0.15, 0.2) is 16.6 Å². The summed E-state index contributed by atoms with van der Waals surface area (Å²) in [6, 6.07) is 2.80. The third kappa shape index (κ3) is 3.01. The Balaban J connectivity index is 2.45. The number of halogens is 1. The molecule has 1 aliphatic heterocycles. The van der Waals surface area contributed by atoms with Crippen LogP contribution < -0.4 is 9.47 Å². The zero-order valence-corrected chi connectivity index (χ0v) is 12.4. The molecule has 0 amide bonds. The van der Waals surface area contributed by atoms with Crippen molar-refractivity contribution in [2.24, 2.45) is 0 Å². The number of hydrogen-bond acceptors (Lipinski definition) is 4. The van der Waals surface area contributed by atoms with Crippen LogP contribution in [-0.4, -0.2) is 43.3 Å². The fraction of sp³-hybridized carbons (Fsp3) is 0.462. The Morgan fingerprint density at radius 2 is 2.05 bits per heavy atom. The van der Waals surface area contributed by atoms with E-state index < -0.39 is 12.0 Å². The van der Waals surface area contributed by atoms with Crippen LogP contribution in [-0.2, 0) is 4.79 Å². The number of carboxylic acid groups (broad SMARTS) is 1. The molecule has 1 aromatic rings. The van der Waals surface area contributed by atoms with E-state index in [4.69, 9.17) is 9.47 Å². The third-order valence-electron chi connectivity index (χ3n) is 2.89. The molecule has 0 fully saturated rings. The minimum Gasteiger partial charge on any atom is -0.490 e. The number of carbonyl (C=O) groups is 1. The van der Waals surface area contributed by atoms with Gasteiger partial charge in [0.05, 0.1) is 17.7 Å². The second kappa shape index (κ2) is 5.79. The van der Waals surface area contributed by atoms with Crippen LogP contribution in [0.2, 0.25) is 0 Å². The Labute approximate surface area is 120 Å². The zero-order chi connectivity index (χ0) is 14.0. The summed E-state index contributed by atoms with van der Waals surface area (Å²) in [4.78, 5) is 13.0.